The van der Waals surface area contributed by atoms with E-state index in [2.05, 4.69) is 14.8 Å². The van der Waals surface area contributed by atoms with Gasteiger partial charge in [-0.1, -0.05) is 0 Å². The number of anilines is 1. The zero-order chi connectivity index (χ0) is 14.6. The van der Waals surface area contributed by atoms with E-state index in [-0.39, 0.29) is 11.4 Å². The Balaban J connectivity index is 2.09. The number of ether oxygens (including phenoxy) is 1. The fraction of sp³-hybridized carbons (Fsp3) is 0.364. The average molecular weight is 299 g/mol. The third-order valence-electron chi connectivity index (χ3n) is 2.66. The van der Waals surface area contributed by atoms with Crippen LogP contribution in [-0.4, -0.2) is 36.9 Å². The van der Waals surface area contributed by atoms with Crippen LogP contribution in [0.4, 0.5) is 5.69 Å². The molecular weight excluding hydrogens is 282 g/mol. The number of nitrogens with zero attached hydrogens (tertiary/aromatic N) is 2. The van der Waals surface area contributed by atoms with E-state index in [1.165, 1.54) is 18.5 Å². The molecule has 0 radical (unpaired) electrons. The molecule has 0 aliphatic carbocycles. The van der Waals surface area contributed by atoms with Gasteiger partial charge in [0.1, 0.15) is 4.90 Å². The minimum atomic E-state index is -3.63. The van der Waals surface area contributed by atoms with Crippen LogP contribution in [0.3, 0.4) is 0 Å². The third kappa shape index (κ3) is 3.38. The topological polar surface area (TPSA) is 115 Å². The summed E-state index contributed by atoms with van der Waals surface area (Å²) in [5.74, 6) is 0. The zero-order valence-electron chi connectivity index (χ0n) is 11.0. The number of rotatable bonds is 7. The van der Waals surface area contributed by atoms with Crippen LogP contribution in [0.25, 0.3) is 0 Å². The van der Waals surface area contributed by atoms with E-state index in [1.807, 2.05) is 0 Å². The molecule has 110 valence electrons. The van der Waals surface area contributed by atoms with E-state index >= 15 is 0 Å². The van der Waals surface area contributed by atoms with E-state index in [0.717, 1.165) is 0 Å². The lowest BCUT2D eigenvalue weighted by Gasteiger charge is -2.03. The van der Waals surface area contributed by atoms with Gasteiger partial charge in [-0.25, -0.2) is 8.42 Å². The predicted octanol–water partition coefficient (Wildman–Crippen LogP) is 0.117. The molecule has 2 rings (SSSR count). The molecule has 0 bridgehead atoms. The van der Waals surface area contributed by atoms with Gasteiger partial charge in [0.15, 0.2) is 0 Å². The van der Waals surface area contributed by atoms with Gasteiger partial charge in [0.2, 0.25) is 0 Å². The minimum Gasteiger partial charge on any atom is -0.383 e. The van der Waals surface area contributed by atoms with Gasteiger partial charge < -0.3 is 15.5 Å². The first-order valence-electron chi connectivity index (χ1n) is 5.96. The average Bonchev–Trinajstić information content (AvgIpc) is 3.04. The van der Waals surface area contributed by atoms with Gasteiger partial charge in [-0.05, 0) is 6.07 Å². The van der Waals surface area contributed by atoms with Gasteiger partial charge in [-0.2, -0.15) is 5.10 Å². The number of nitrogens with one attached hydrogen (secondary N) is 2. The van der Waals surface area contributed by atoms with E-state index in [1.54, 1.807) is 18.0 Å². The summed E-state index contributed by atoms with van der Waals surface area (Å²) in [4.78, 5) is 2.94. The van der Waals surface area contributed by atoms with Crippen LogP contribution in [-0.2, 0) is 27.8 Å². The van der Waals surface area contributed by atoms with Gasteiger partial charge in [-0.15, -0.1) is 0 Å². The summed E-state index contributed by atoms with van der Waals surface area (Å²) in [5, 5.41) is 4.03. The Hall–Kier alpha value is -1.84. The molecule has 0 atom stereocenters. The second-order valence-electron chi connectivity index (χ2n) is 4.16. The van der Waals surface area contributed by atoms with Gasteiger partial charge in [-0.3, -0.25) is 9.40 Å². The number of hydrogen-bond donors (Lipinski definition) is 3. The number of aromatic nitrogens is 3. The Morgan fingerprint density at radius 1 is 1.55 bits per heavy atom. The molecule has 0 aliphatic heterocycles. The van der Waals surface area contributed by atoms with Crippen molar-refractivity contribution < 1.29 is 13.2 Å². The highest BCUT2D eigenvalue weighted by molar-refractivity contribution is 7.92. The predicted molar refractivity (Wildman–Crippen MR) is 73.6 cm³/mol. The number of H-pyrrole nitrogens is 1. The van der Waals surface area contributed by atoms with Crippen LogP contribution in [0.2, 0.25) is 0 Å². The van der Waals surface area contributed by atoms with Crippen molar-refractivity contribution in [1.82, 2.24) is 14.8 Å². The minimum absolute atomic E-state index is 0.141. The maximum absolute atomic E-state index is 12.1. The lowest BCUT2D eigenvalue weighted by molar-refractivity contribution is 0.183. The second kappa shape index (κ2) is 6.07. The van der Waals surface area contributed by atoms with Gasteiger partial charge in [0.05, 0.1) is 25.0 Å². The molecule has 2 aromatic rings. The van der Waals surface area contributed by atoms with Crippen LogP contribution >= 0.6 is 0 Å². The lowest BCUT2D eigenvalue weighted by atomic mass is 10.4. The lowest BCUT2D eigenvalue weighted by Crippen LogP contribution is -2.12. The maximum atomic E-state index is 12.1. The molecule has 8 nitrogen and oxygen atoms in total. The van der Waals surface area contributed by atoms with Crippen molar-refractivity contribution in [2.45, 2.75) is 18.0 Å². The first kappa shape index (κ1) is 14.6. The largest absolute Gasteiger partial charge is 0.383 e. The fourth-order valence-corrected chi connectivity index (χ4v) is 2.67. The van der Waals surface area contributed by atoms with Crippen molar-refractivity contribution in [3.05, 3.63) is 30.4 Å². The van der Waals surface area contributed by atoms with Crippen molar-refractivity contribution in [2.75, 3.05) is 18.4 Å². The normalized spacial score (nSPS) is 11.7. The van der Waals surface area contributed by atoms with Gasteiger partial charge in [0, 0.05) is 31.7 Å². The first-order valence-corrected chi connectivity index (χ1v) is 7.45. The van der Waals surface area contributed by atoms with Crippen LogP contribution in [0.1, 0.15) is 5.69 Å². The molecule has 0 aromatic carbocycles. The molecular formula is C11H17N5O3S. The quantitative estimate of drug-likeness (QED) is 0.671. The summed E-state index contributed by atoms with van der Waals surface area (Å²) < 4.78 is 33.2. The van der Waals surface area contributed by atoms with Gasteiger partial charge in [0.25, 0.3) is 10.0 Å². The summed E-state index contributed by atoms with van der Waals surface area (Å²) in [6.45, 7) is 1.32. The first-order chi connectivity index (χ1) is 9.55. The monoisotopic (exact) mass is 299 g/mol. The Kier molecular flexibility index (Phi) is 4.42. The third-order valence-corrected chi connectivity index (χ3v) is 4.02. The summed E-state index contributed by atoms with van der Waals surface area (Å²) >= 11 is 0. The van der Waals surface area contributed by atoms with Crippen molar-refractivity contribution in [1.29, 1.82) is 0 Å². The number of hydrogen-bond acceptors (Lipinski definition) is 5. The highest BCUT2D eigenvalue weighted by Crippen LogP contribution is 2.16. The highest BCUT2D eigenvalue weighted by atomic mass is 32.2. The molecule has 0 amide bonds. The molecule has 0 spiro atoms. The fourth-order valence-electron chi connectivity index (χ4n) is 1.63. The van der Waals surface area contributed by atoms with Crippen molar-refractivity contribution in [3.63, 3.8) is 0 Å². The standard InChI is InChI=1S/C11H17N5O3S/c1-19-3-2-16-8-10(6-14-16)15-20(17,18)11-4-9(5-12)13-7-11/h4,6-8,13,15H,2-3,5,12H2,1H3. The van der Waals surface area contributed by atoms with E-state index in [4.69, 9.17) is 10.5 Å². The molecule has 20 heavy (non-hydrogen) atoms. The molecule has 4 N–H and O–H groups in total. The molecule has 2 heterocycles. The summed E-state index contributed by atoms with van der Waals surface area (Å²) in [5.41, 5.74) is 6.49. The smallest absolute Gasteiger partial charge is 0.263 e. The van der Waals surface area contributed by atoms with Crippen LogP contribution < -0.4 is 10.5 Å². The summed E-state index contributed by atoms with van der Waals surface area (Å²) in [6.07, 6.45) is 4.46. The number of sulfonamides is 1. The Morgan fingerprint density at radius 3 is 3.00 bits per heavy atom. The van der Waals surface area contributed by atoms with Gasteiger partial charge >= 0.3 is 0 Å². The summed E-state index contributed by atoms with van der Waals surface area (Å²) in [7, 11) is -2.04. The van der Waals surface area contributed by atoms with E-state index in [0.29, 0.717) is 24.5 Å². The molecule has 0 fully saturated rings. The molecule has 0 saturated heterocycles. The SMILES string of the molecule is COCCn1cc(NS(=O)(=O)c2c[nH]c(CN)c2)cn1. The van der Waals surface area contributed by atoms with E-state index < -0.39 is 10.0 Å². The molecule has 0 aliphatic rings. The van der Waals surface area contributed by atoms with Crippen molar-refractivity contribution in [2.24, 2.45) is 5.73 Å². The highest BCUT2D eigenvalue weighted by Gasteiger charge is 2.16. The summed E-state index contributed by atoms with van der Waals surface area (Å²) in [6, 6.07) is 1.50. The van der Waals surface area contributed by atoms with Crippen LogP contribution in [0.5, 0.6) is 0 Å². The number of nitrogens with two attached hydrogens (primary N) is 1. The Morgan fingerprint density at radius 2 is 2.35 bits per heavy atom. The van der Waals surface area contributed by atoms with E-state index in [9.17, 15) is 8.42 Å². The zero-order valence-corrected chi connectivity index (χ0v) is 11.9. The second-order valence-corrected chi connectivity index (χ2v) is 5.84. The van der Waals surface area contributed by atoms with Crippen LogP contribution in [0.15, 0.2) is 29.6 Å². The Labute approximate surface area is 117 Å². The Bertz CT molecular complexity index is 661. The molecule has 0 saturated carbocycles. The van der Waals surface area contributed by atoms with Crippen LogP contribution in [0, 0.1) is 0 Å². The number of methoxy groups -OCH3 is 1. The van der Waals surface area contributed by atoms with Crippen molar-refractivity contribution >= 4 is 15.7 Å². The number of aromatic amines is 1. The van der Waals surface area contributed by atoms with Crippen molar-refractivity contribution in [3.8, 4) is 0 Å². The molecule has 9 heteroatoms. The maximum Gasteiger partial charge on any atom is 0.263 e. The molecule has 2 aromatic heterocycles. The molecule has 0 unspecified atom stereocenters.